The highest BCUT2D eigenvalue weighted by Gasteiger charge is 2.40. The molecular weight excluding hydrogens is 258 g/mol. The fourth-order valence-corrected chi connectivity index (χ4v) is 4.01. The summed E-state index contributed by atoms with van der Waals surface area (Å²) in [6.45, 7) is 7.26. The van der Waals surface area contributed by atoms with Crippen molar-refractivity contribution in [1.82, 2.24) is 4.90 Å². The third kappa shape index (κ3) is 2.83. The van der Waals surface area contributed by atoms with Crippen LogP contribution in [0.25, 0.3) is 0 Å². The highest BCUT2D eigenvalue weighted by molar-refractivity contribution is 5.45. The van der Waals surface area contributed by atoms with Crippen LogP contribution in [0.5, 0.6) is 5.75 Å². The molecule has 2 aliphatic carbocycles. The first-order valence-corrected chi connectivity index (χ1v) is 8.60. The molecule has 0 N–H and O–H groups in total. The standard InChI is InChI=1S/C19H29NO/c1-4-13-20(14-15-10-11-15)19(2)12-6-7-16-17(19)8-5-9-18(16)21-3/h5,8-9,15H,4,6-7,10-14H2,1-3H3. The highest BCUT2D eigenvalue weighted by atomic mass is 16.5. The highest BCUT2D eigenvalue weighted by Crippen LogP contribution is 2.44. The maximum absolute atomic E-state index is 5.62. The first-order valence-electron chi connectivity index (χ1n) is 8.60. The van der Waals surface area contributed by atoms with E-state index in [0.717, 1.165) is 11.7 Å². The number of ether oxygens (including phenoxy) is 1. The van der Waals surface area contributed by atoms with E-state index >= 15 is 0 Å². The predicted octanol–water partition coefficient (Wildman–Crippen LogP) is 4.37. The van der Waals surface area contributed by atoms with Crippen molar-refractivity contribution in [3.63, 3.8) is 0 Å². The molecule has 0 bridgehead atoms. The molecule has 1 fully saturated rings. The SMILES string of the molecule is CCCN(CC1CC1)C1(C)CCCc2c(OC)cccc21. The zero-order valence-electron chi connectivity index (χ0n) is 13.8. The Morgan fingerprint density at radius 2 is 2.14 bits per heavy atom. The van der Waals surface area contributed by atoms with Gasteiger partial charge >= 0.3 is 0 Å². The lowest BCUT2D eigenvalue weighted by molar-refractivity contribution is 0.0775. The van der Waals surface area contributed by atoms with Gasteiger partial charge in [-0.3, -0.25) is 4.90 Å². The second-order valence-electron chi connectivity index (χ2n) is 7.00. The summed E-state index contributed by atoms with van der Waals surface area (Å²) in [7, 11) is 1.80. The molecular formula is C19H29NO. The molecule has 0 heterocycles. The van der Waals surface area contributed by atoms with Gasteiger partial charge in [0, 0.05) is 12.1 Å². The molecule has 1 atom stereocenters. The van der Waals surface area contributed by atoms with Crippen LogP contribution >= 0.6 is 0 Å². The number of rotatable bonds is 6. The number of methoxy groups -OCH3 is 1. The summed E-state index contributed by atoms with van der Waals surface area (Å²) in [5, 5.41) is 0. The van der Waals surface area contributed by atoms with E-state index < -0.39 is 0 Å². The molecule has 3 rings (SSSR count). The van der Waals surface area contributed by atoms with Gasteiger partial charge in [0.05, 0.1) is 7.11 Å². The van der Waals surface area contributed by atoms with Crippen molar-refractivity contribution in [2.24, 2.45) is 5.92 Å². The summed E-state index contributed by atoms with van der Waals surface area (Å²) < 4.78 is 5.62. The molecule has 1 unspecified atom stereocenters. The second kappa shape index (κ2) is 6.00. The van der Waals surface area contributed by atoms with E-state index in [4.69, 9.17) is 4.74 Å². The van der Waals surface area contributed by atoms with E-state index in [0.29, 0.717) is 0 Å². The Labute approximate surface area is 129 Å². The zero-order valence-corrected chi connectivity index (χ0v) is 13.8. The average Bonchev–Trinajstić information content (AvgIpc) is 3.31. The fraction of sp³-hybridized carbons (Fsp3) is 0.684. The van der Waals surface area contributed by atoms with Gasteiger partial charge in [0.1, 0.15) is 5.75 Å². The Hall–Kier alpha value is -1.02. The first kappa shape index (κ1) is 14.9. The molecule has 0 spiro atoms. The quantitative estimate of drug-likeness (QED) is 0.770. The number of hydrogen-bond acceptors (Lipinski definition) is 2. The van der Waals surface area contributed by atoms with Gasteiger partial charge in [-0.05, 0) is 75.1 Å². The van der Waals surface area contributed by atoms with Crippen LogP contribution in [0.2, 0.25) is 0 Å². The number of nitrogens with zero attached hydrogens (tertiary/aromatic N) is 1. The molecule has 0 radical (unpaired) electrons. The summed E-state index contributed by atoms with van der Waals surface area (Å²) in [6, 6.07) is 6.63. The maximum atomic E-state index is 5.62. The molecule has 1 aromatic rings. The molecule has 2 heteroatoms. The number of hydrogen-bond donors (Lipinski definition) is 0. The fourth-order valence-electron chi connectivity index (χ4n) is 4.01. The lowest BCUT2D eigenvalue weighted by atomic mass is 9.76. The lowest BCUT2D eigenvalue weighted by Crippen LogP contribution is -2.47. The van der Waals surface area contributed by atoms with E-state index in [2.05, 4.69) is 36.9 Å². The molecule has 0 saturated heterocycles. The molecule has 1 saturated carbocycles. The number of fused-ring (bicyclic) bond motifs is 1. The molecule has 116 valence electrons. The Morgan fingerprint density at radius 1 is 1.33 bits per heavy atom. The lowest BCUT2D eigenvalue weighted by Gasteiger charge is -2.46. The van der Waals surface area contributed by atoms with Crippen LogP contribution in [0.4, 0.5) is 0 Å². The summed E-state index contributed by atoms with van der Waals surface area (Å²) in [6.07, 6.45) is 7.82. The maximum Gasteiger partial charge on any atom is 0.122 e. The van der Waals surface area contributed by atoms with Crippen LogP contribution in [-0.2, 0) is 12.0 Å². The number of benzene rings is 1. The van der Waals surface area contributed by atoms with Crippen LogP contribution in [-0.4, -0.2) is 25.1 Å². The van der Waals surface area contributed by atoms with Gasteiger partial charge in [0.2, 0.25) is 0 Å². The van der Waals surface area contributed by atoms with E-state index in [9.17, 15) is 0 Å². The van der Waals surface area contributed by atoms with Gasteiger partial charge in [-0.1, -0.05) is 19.1 Å². The average molecular weight is 287 g/mol. The van der Waals surface area contributed by atoms with Crippen molar-refractivity contribution >= 4 is 0 Å². The first-order chi connectivity index (χ1) is 10.2. The van der Waals surface area contributed by atoms with E-state index in [1.165, 1.54) is 62.7 Å². The molecule has 21 heavy (non-hydrogen) atoms. The Morgan fingerprint density at radius 3 is 2.81 bits per heavy atom. The monoisotopic (exact) mass is 287 g/mol. The minimum atomic E-state index is 0.195. The van der Waals surface area contributed by atoms with Gasteiger partial charge in [0.15, 0.2) is 0 Å². The van der Waals surface area contributed by atoms with Crippen LogP contribution in [0.3, 0.4) is 0 Å². The van der Waals surface area contributed by atoms with E-state index in [1.54, 1.807) is 7.11 Å². The smallest absolute Gasteiger partial charge is 0.122 e. The summed E-state index contributed by atoms with van der Waals surface area (Å²) in [5.41, 5.74) is 3.16. The topological polar surface area (TPSA) is 12.5 Å². The Kier molecular flexibility index (Phi) is 4.26. The van der Waals surface area contributed by atoms with Gasteiger partial charge in [-0.15, -0.1) is 0 Å². The molecule has 0 amide bonds. The van der Waals surface area contributed by atoms with Crippen molar-refractivity contribution in [1.29, 1.82) is 0 Å². The third-order valence-electron chi connectivity index (χ3n) is 5.39. The summed E-state index contributed by atoms with van der Waals surface area (Å²) in [5.74, 6) is 2.03. The molecule has 1 aromatic carbocycles. The minimum Gasteiger partial charge on any atom is -0.496 e. The van der Waals surface area contributed by atoms with E-state index in [1.807, 2.05) is 0 Å². The van der Waals surface area contributed by atoms with Gasteiger partial charge in [-0.25, -0.2) is 0 Å². The molecule has 2 aliphatic rings. The normalized spacial score (nSPS) is 25.0. The van der Waals surface area contributed by atoms with Crippen LogP contribution < -0.4 is 4.74 Å². The largest absolute Gasteiger partial charge is 0.496 e. The zero-order chi connectivity index (χ0) is 14.9. The van der Waals surface area contributed by atoms with Gasteiger partial charge in [-0.2, -0.15) is 0 Å². The van der Waals surface area contributed by atoms with Crippen molar-refractivity contribution < 1.29 is 4.74 Å². The summed E-state index contributed by atoms with van der Waals surface area (Å²) >= 11 is 0. The van der Waals surface area contributed by atoms with Crippen LogP contribution in [0.15, 0.2) is 18.2 Å². The van der Waals surface area contributed by atoms with Gasteiger partial charge < -0.3 is 4.74 Å². The molecule has 0 aromatic heterocycles. The van der Waals surface area contributed by atoms with Crippen molar-refractivity contribution in [3.8, 4) is 5.75 Å². The van der Waals surface area contributed by atoms with Crippen molar-refractivity contribution in [2.45, 2.75) is 57.9 Å². The van der Waals surface area contributed by atoms with Crippen LogP contribution in [0, 0.1) is 5.92 Å². The molecule has 2 nitrogen and oxygen atoms in total. The molecule has 0 aliphatic heterocycles. The Balaban J connectivity index is 1.96. The van der Waals surface area contributed by atoms with Gasteiger partial charge in [0.25, 0.3) is 0 Å². The Bertz CT molecular complexity index is 494. The van der Waals surface area contributed by atoms with Crippen molar-refractivity contribution in [3.05, 3.63) is 29.3 Å². The van der Waals surface area contributed by atoms with Crippen LogP contribution in [0.1, 0.15) is 57.1 Å². The minimum absolute atomic E-state index is 0.195. The van der Waals surface area contributed by atoms with Crippen molar-refractivity contribution in [2.75, 3.05) is 20.2 Å². The predicted molar refractivity (Wildman–Crippen MR) is 87.9 cm³/mol. The second-order valence-corrected chi connectivity index (χ2v) is 7.00. The third-order valence-corrected chi connectivity index (χ3v) is 5.39. The summed E-state index contributed by atoms with van der Waals surface area (Å²) in [4.78, 5) is 2.77. The van der Waals surface area contributed by atoms with E-state index in [-0.39, 0.29) is 5.54 Å².